The molecule has 0 aliphatic rings. The molecule has 0 fully saturated rings. The second-order valence-corrected chi connectivity index (χ2v) is 6.73. The summed E-state index contributed by atoms with van der Waals surface area (Å²) in [5.74, 6) is 0.146. The van der Waals surface area contributed by atoms with Crippen molar-refractivity contribution in [2.75, 3.05) is 19.5 Å². The largest absolute Gasteiger partial charge is 0.480 e. The highest BCUT2D eigenvalue weighted by Crippen LogP contribution is 2.35. The summed E-state index contributed by atoms with van der Waals surface area (Å²) in [6, 6.07) is 4.27. The molecule has 2 aromatic heterocycles. The highest BCUT2D eigenvalue weighted by Gasteiger charge is 2.21. The number of rotatable bonds is 5. The van der Waals surface area contributed by atoms with Crippen molar-refractivity contribution in [2.45, 2.75) is 20.5 Å². The number of amides is 1. The Balaban J connectivity index is 2.03. The molecule has 0 aliphatic heterocycles. The van der Waals surface area contributed by atoms with Crippen LogP contribution in [-0.2, 0) is 11.3 Å². The number of methoxy groups -OCH3 is 2. The number of benzene rings is 1. The van der Waals surface area contributed by atoms with Crippen LogP contribution in [0, 0.1) is 19.7 Å². The first-order valence-electron chi connectivity index (χ1n) is 7.85. The Morgan fingerprint density at radius 1 is 1.27 bits per heavy atom. The minimum atomic E-state index is -0.407. The monoisotopic (exact) mass is 375 g/mol. The molecule has 2 heterocycles. The molecule has 0 radical (unpaired) electrons. The zero-order chi connectivity index (χ0) is 18.8. The van der Waals surface area contributed by atoms with Crippen LogP contribution in [0.25, 0.3) is 10.2 Å². The molecule has 3 aromatic rings. The number of aromatic nitrogens is 2. The lowest BCUT2D eigenvalue weighted by atomic mass is 10.1. The van der Waals surface area contributed by atoms with E-state index in [2.05, 4.69) is 15.3 Å². The van der Waals surface area contributed by atoms with Crippen LogP contribution in [0.4, 0.5) is 10.1 Å². The predicted octanol–water partition coefficient (Wildman–Crippen LogP) is 3.85. The molecular weight excluding hydrogens is 357 g/mol. The summed E-state index contributed by atoms with van der Waals surface area (Å²) in [4.78, 5) is 22.6. The number of nitrogens with one attached hydrogen (secondary N) is 1. The van der Waals surface area contributed by atoms with Gasteiger partial charge in [-0.05, 0) is 37.1 Å². The molecule has 26 heavy (non-hydrogen) atoms. The smallest absolute Gasteiger partial charge is 0.266 e. The van der Waals surface area contributed by atoms with Crippen molar-refractivity contribution in [2.24, 2.45) is 0 Å². The van der Waals surface area contributed by atoms with E-state index in [0.717, 1.165) is 11.1 Å². The van der Waals surface area contributed by atoms with Gasteiger partial charge < -0.3 is 14.8 Å². The molecule has 0 unspecified atom stereocenters. The molecular formula is C18H18FN3O3S. The number of aryl methyl sites for hydroxylation is 2. The molecule has 0 saturated heterocycles. The summed E-state index contributed by atoms with van der Waals surface area (Å²) in [5, 5.41) is 3.46. The maximum Gasteiger partial charge on any atom is 0.266 e. The fourth-order valence-corrected chi connectivity index (χ4v) is 3.70. The third kappa shape index (κ3) is 3.38. The lowest BCUT2D eigenvalue weighted by molar-refractivity contribution is 0.103. The van der Waals surface area contributed by atoms with E-state index >= 15 is 0 Å². The average molecular weight is 375 g/mol. The van der Waals surface area contributed by atoms with E-state index in [-0.39, 0.29) is 12.5 Å². The number of fused-ring (bicyclic) bond motifs is 1. The number of ether oxygens (including phenoxy) is 2. The average Bonchev–Trinajstić information content (AvgIpc) is 2.94. The van der Waals surface area contributed by atoms with Crippen molar-refractivity contribution in [3.8, 4) is 5.88 Å². The summed E-state index contributed by atoms with van der Waals surface area (Å²) in [6.45, 7) is 3.86. The summed E-state index contributed by atoms with van der Waals surface area (Å²) in [7, 11) is 3.07. The van der Waals surface area contributed by atoms with Gasteiger partial charge in [-0.15, -0.1) is 11.3 Å². The highest BCUT2D eigenvalue weighted by atomic mass is 32.1. The minimum Gasteiger partial charge on any atom is -0.480 e. The molecule has 6 nitrogen and oxygen atoms in total. The summed E-state index contributed by atoms with van der Waals surface area (Å²) < 4.78 is 23.9. The second kappa shape index (κ2) is 7.35. The van der Waals surface area contributed by atoms with Gasteiger partial charge in [-0.3, -0.25) is 4.79 Å². The number of hydrogen-bond donors (Lipinski definition) is 1. The van der Waals surface area contributed by atoms with Gasteiger partial charge in [-0.1, -0.05) is 6.07 Å². The number of carbonyl (C=O) groups excluding carboxylic acids is 1. The third-order valence-corrected chi connectivity index (χ3v) is 5.11. The minimum absolute atomic E-state index is 0.243. The van der Waals surface area contributed by atoms with Crippen molar-refractivity contribution in [1.82, 2.24) is 9.97 Å². The van der Waals surface area contributed by atoms with Crippen molar-refractivity contribution >= 4 is 33.1 Å². The highest BCUT2D eigenvalue weighted by molar-refractivity contribution is 7.20. The van der Waals surface area contributed by atoms with Gasteiger partial charge in [0.1, 0.15) is 17.3 Å². The quantitative estimate of drug-likeness (QED) is 0.733. The number of halogens is 1. The standard InChI is InChI=1S/C18H18FN3O3S/c1-9-5-6-11(19)7-12(9)20-16(23)15-10(2)14-17(25-4)21-13(8-24-3)22-18(14)26-15/h5-7H,8H2,1-4H3,(H,20,23). The van der Waals surface area contributed by atoms with Crippen LogP contribution in [0.5, 0.6) is 5.88 Å². The lowest BCUT2D eigenvalue weighted by Crippen LogP contribution is -2.12. The van der Waals surface area contributed by atoms with Crippen molar-refractivity contribution in [1.29, 1.82) is 0 Å². The fraction of sp³-hybridized carbons (Fsp3) is 0.278. The summed E-state index contributed by atoms with van der Waals surface area (Å²) >= 11 is 1.24. The normalized spacial score (nSPS) is 11.0. The zero-order valence-electron chi connectivity index (χ0n) is 14.8. The first-order valence-corrected chi connectivity index (χ1v) is 8.66. The number of hydrogen-bond acceptors (Lipinski definition) is 6. The Labute approximate surface area is 154 Å². The van der Waals surface area contributed by atoms with Crippen molar-refractivity contribution < 1.29 is 18.7 Å². The molecule has 0 atom stereocenters. The molecule has 0 bridgehead atoms. The van der Waals surface area contributed by atoms with Crippen LogP contribution in [0.15, 0.2) is 18.2 Å². The maximum atomic E-state index is 13.5. The van der Waals surface area contributed by atoms with Crippen LogP contribution in [-0.4, -0.2) is 30.1 Å². The Morgan fingerprint density at radius 3 is 2.73 bits per heavy atom. The van der Waals surface area contributed by atoms with Gasteiger partial charge in [0.2, 0.25) is 5.88 Å². The third-order valence-electron chi connectivity index (χ3n) is 3.92. The van der Waals surface area contributed by atoms with Gasteiger partial charge in [0.15, 0.2) is 5.82 Å². The van der Waals surface area contributed by atoms with E-state index in [1.54, 1.807) is 20.1 Å². The molecule has 0 saturated carbocycles. The first kappa shape index (κ1) is 18.2. The van der Waals surface area contributed by atoms with E-state index in [4.69, 9.17) is 9.47 Å². The molecule has 0 spiro atoms. The van der Waals surface area contributed by atoms with E-state index in [1.165, 1.54) is 30.6 Å². The van der Waals surface area contributed by atoms with Gasteiger partial charge >= 0.3 is 0 Å². The number of anilines is 1. The lowest BCUT2D eigenvalue weighted by Gasteiger charge is -2.08. The SMILES string of the molecule is COCc1nc(OC)c2c(C)c(C(=O)Nc3cc(F)ccc3C)sc2n1. The molecule has 8 heteroatoms. The Morgan fingerprint density at radius 2 is 2.04 bits per heavy atom. The Bertz CT molecular complexity index is 987. The van der Waals surface area contributed by atoms with E-state index in [0.29, 0.717) is 32.5 Å². The van der Waals surface area contributed by atoms with Gasteiger partial charge in [0, 0.05) is 12.8 Å². The van der Waals surface area contributed by atoms with E-state index in [9.17, 15) is 9.18 Å². The van der Waals surface area contributed by atoms with Gasteiger partial charge in [0.25, 0.3) is 5.91 Å². The van der Waals surface area contributed by atoms with E-state index < -0.39 is 5.82 Å². The summed E-state index contributed by atoms with van der Waals surface area (Å²) in [6.07, 6.45) is 0. The van der Waals surface area contributed by atoms with Crippen molar-refractivity contribution in [3.63, 3.8) is 0 Å². The van der Waals surface area contributed by atoms with Crippen LogP contribution in [0.1, 0.15) is 26.6 Å². The fourth-order valence-electron chi connectivity index (χ4n) is 2.61. The topological polar surface area (TPSA) is 73.3 Å². The van der Waals surface area contributed by atoms with Crippen LogP contribution >= 0.6 is 11.3 Å². The molecule has 0 aliphatic carbocycles. The van der Waals surface area contributed by atoms with Gasteiger partial charge in [0.05, 0.1) is 17.4 Å². The van der Waals surface area contributed by atoms with Crippen LogP contribution in [0.2, 0.25) is 0 Å². The van der Waals surface area contributed by atoms with Gasteiger partial charge in [-0.2, -0.15) is 4.98 Å². The molecule has 1 N–H and O–H groups in total. The Kier molecular flexibility index (Phi) is 5.15. The first-order chi connectivity index (χ1) is 12.4. The predicted molar refractivity (Wildman–Crippen MR) is 98.5 cm³/mol. The van der Waals surface area contributed by atoms with Crippen molar-refractivity contribution in [3.05, 3.63) is 45.8 Å². The summed E-state index contributed by atoms with van der Waals surface area (Å²) in [5.41, 5.74) is 1.93. The van der Waals surface area contributed by atoms with Crippen LogP contribution < -0.4 is 10.1 Å². The number of thiophene rings is 1. The molecule has 1 amide bonds. The molecule has 136 valence electrons. The Hall–Kier alpha value is -2.58. The maximum absolute atomic E-state index is 13.5. The molecule has 1 aromatic carbocycles. The second-order valence-electron chi connectivity index (χ2n) is 5.73. The van der Waals surface area contributed by atoms with E-state index in [1.807, 2.05) is 6.92 Å². The zero-order valence-corrected chi connectivity index (χ0v) is 15.7. The number of nitrogens with zero attached hydrogens (tertiary/aromatic N) is 2. The van der Waals surface area contributed by atoms with Crippen LogP contribution in [0.3, 0.4) is 0 Å². The number of carbonyl (C=O) groups is 1. The molecule has 3 rings (SSSR count). The van der Waals surface area contributed by atoms with Gasteiger partial charge in [-0.25, -0.2) is 9.37 Å².